The van der Waals surface area contributed by atoms with Gasteiger partial charge in [-0.15, -0.1) is 0 Å². The molecular formula is C18H23N3O4. The molecule has 0 atom stereocenters. The molecule has 1 saturated heterocycles. The SMILES string of the molecule is O=C(c1ccc2c(c1)[nH]c(=O)n2C1CCC(O)CC1)N1CCOCC1. The van der Waals surface area contributed by atoms with Gasteiger partial charge in [-0.3, -0.25) is 9.36 Å². The number of ether oxygens (including phenoxy) is 1. The van der Waals surface area contributed by atoms with Crippen LogP contribution in [0.2, 0.25) is 0 Å². The quantitative estimate of drug-likeness (QED) is 0.858. The fourth-order valence-electron chi connectivity index (χ4n) is 3.89. The van der Waals surface area contributed by atoms with Crippen LogP contribution < -0.4 is 5.69 Å². The number of imidazole rings is 1. The standard InChI is InChI=1S/C18H23N3O4/c22-14-4-2-13(3-5-14)21-16-6-1-12(11-15(16)19-18(21)24)17(23)20-7-9-25-10-8-20/h1,6,11,13-14,22H,2-5,7-10H2,(H,19,24). The summed E-state index contributed by atoms with van der Waals surface area (Å²) in [6.07, 6.45) is 2.77. The van der Waals surface area contributed by atoms with Gasteiger partial charge in [0.1, 0.15) is 0 Å². The zero-order chi connectivity index (χ0) is 17.4. The lowest BCUT2D eigenvalue weighted by atomic mass is 9.93. The molecule has 1 aromatic carbocycles. The lowest BCUT2D eigenvalue weighted by Crippen LogP contribution is -2.40. The van der Waals surface area contributed by atoms with Crippen LogP contribution in [0.1, 0.15) is 42.1 Å². The Bertz CT molecular complexity index is 826. The summed E-state index contributed by atoms with van der Waals surface area (Å²) >= 11 is 0. The van der Waals surface area contributed by atoms with Crippen molar-refractivity contribution in [2.75, 3.05) is 26.3 Å². The number of aliphatic hydroxyl groups excluding tert-OH is 1. The van der Waals surface area contributed by atoms with Crippen molar-refractivity contribution in [3.8, 4) is 0 Å². The van der Waals surface area contributed by atoms with E-state index in [9.17, 15) is 14.7 Å². The number of rotatable bonds is 2. The minimum absolute atomic E-state index is 0.0282. The summed E-state index contributed by atoms with van der Waals surface area (Å²) in [5, 5.41) is 9.68. The number of aliphatic hydroxyl groups is 1. The van der Waals surface area contributed by atoms with Crippen molar-refractivity contribution in [3.05, 3.63) is 34.2 Å². The van der Waals surface area contributed by atoms with E-state index in [0.717, 1.165) is 31.2 Å². The number of amides is 1. The minimum atomic E-state index is -0.255. The van der Waals surface area contributed by atoms with Crippen LogP contribution in [0, 0.1) is 0 Å². The van der Waals surface area contributed by atoms with Gasteiger partial charge in [0, 0.05) is 24.7 Å². The van der Waals surface area contributed by atoms with E-state index in [1.54, 1.807) is 21.6 Å². The molecule has 0 bridgehead atoms. The normalized spacial score (nSPS) is 24.6. The highest BCUT2D eigenvalue weighted by molar-refractivity contribution is 5.97. The van der Waals surface area contributed by atoms with E-state index in [1.165, 1.54) is 0 Å². The molecule has 7 nitrogen and oxygen atoms in total. The fourth-order valence-corrected chi connectivity index (χ4v) is 3.89. The summed E-state index contributed by atoms with van der Waals surface area (Å²) in [4.78, 5) is 29.7. The van der Waals surface area contributed by atoms with Gasteiger partial charge in [0.2, 0.25) is 0 Å². The van der Waals surface area contributed by atoms with E-state index in [1.807, 2.05) is 6.07 Å². The third-order valence-electron chi connectivity index (χ3n) is 5.29. The summed E-state index contributed by atoms with van der Waals surface area (Å²) in [6.45, 7) is 2.32. The maximum absolute atomic E-state index is 12.6. The molecule has 1 aliphatic carbocycles. The molecule has 2 N–H and O–H groups in total. The van der Waals surface area contributed by atoms with Crippen LogP contribution in [0.15, 0.2) is 23.0 Å². The average molecular weight is 345 g/mol. The van der Waals surface area contributed by atoms with Gasteiger partial charge in [-0.2, -0.15) is 0 Å². The minimum Gasteiger partial charge on any atom is -0.393 e. The second-order valence-electron chi connectivity index (χ2n) is 6.90. The summed E-state index contributed by atoms with van der Waals surface area (Å²) in [7, 11) is 0. The summed E-state index contributed by atoms with van der Waals surface area (Å²) in [5.41, 5.74) is 1.95. The number of nitrogens with zero attached hydrogens (tertiary/aromatic N) is 2. The van der Waals surface area contributed by atoms with Gasteiger partial charge in [-0.05, 0) is 43.9 Å². The second-order valence-corrected chi connectivity index (χ2v) is 6.90. The van der Waals surface area contributed by atoms with E-state index < -0.39 is 0 Å². The maximum atomic E-state index is 12.6. The van der Waals surface area contributed by atoms with Crippen LogP contribution >= 0.6 is 0 Å². The number of morpholine rings is 1. The first-order valence-corrected chi connectivity index (χ1v) is 8.93. The van der Waals surface area contributed by atoms with Crippen LogP contribution in [0.4, 0.5) is 0 Å². The molecule has 25 heavy (non-hydrogen) atoms. The molecule has 0 radical (unpaired) electrons. The molecule has 1 saturated carbocycles. The molecule has 2 aliphatic rings. The Balaban J connectivity index is 1.64. The Morgan fingerprint density at radius 1 is 1.16 bits per heavy atom. The molecule has 1 aliphatic heterocycles. The first-order valence-electron chi connectivity index (χ1n) is 8.93. The zero-order valence-electron chi connectivity index (χ0n) is 14.1. The predicted octanol–water partition coefficient (Wildman–Crippen LogP) is 1.28. The monoisotopic (exact) mass is 345 g/mol. The maximum Gasteiger partial charge on any atom is 0.326 e. The highest BCUT2D eigenvalue weighted by atomic mass is 16.5. The average Bonchev–Trinajstić information content (AvgIpc) is 2.97. The molecule has 134 valence electrons. The predicted molar refractivity (Wildman–Crippen MR) is 92.8 cm³/mol. The number of H-pyrrole nitrogens is 1. The Labute approximate surface area is 145 Å². The van der Waals surface area contributed by atoms with Gasteiger partial charge in [-0.25, -0.2) is 4.79 Å². The number of carbonyl (C=O) groups excluding carboxylic acids is 1. The van der Waals surface area contributed by atoms with Crippen LogP contribution in [0.25, 0.3) is 11.0 Å². The highest BCUT2D eigenvalue weighted by Gasteiger charge is 2.24. The van der Waals surface area contributed by atoms with E-state index in [4.69, 9.17) is 4.74 Å². The van der Waals surface area contributed by atoms with Crippen LogP contribution in [-0.2, 0) is 4.74 Å². The Morgan fingerprint density at radius 3 is 2.60 bits per heavy atom. The lowest BCUT2D eigenvalue weighted by molar-refractivity contribution is 0.0303. The Kier molecular flexibility index (Phi) is 4.35. The Hall–Kier alpha value is -2.12. The van der Waals surface area contributed by atoms with Crippen LogP contribution in [0.3, 0.4) is 0 Å². The highest BCUT2D eigenvalue weighted by Crippen LogP contribution is 2.30. The first kappa shape index (κ1) is 16.4. The fraction of sp³-hybridized carbons (Fsp3) is 0.556. The lowest BCUT2D eigenvalue weighted by Gasteiger charge is -2.27. The molecule has 1 aromatic heterocycles. The Morgan fingerprint density at radius 2 is 1.88 bits per heavy atom. The van der Waals surface area contributed by atoms with E-state index in [0.29, 0.717) is 37.4 Å². The van der Waals surface area contributed by atoms with Crippen LogP contribution in [-0.4, -0.2) is 57.9 Å². The topological polar surface area (TPSA) is 87.6 Å². The molecular weight excluding hydrogens is 322 g/mol. The van der Waals surface area contributed by atoms with Crippen molar-refractivity contribution in [3.63, 3.8) is 0 Å². The van der Waals surface area contributed by atoms with E-state index >= 15 is 0 Å². The van der Waals surface area contributed by atoms with Crippen molar-refractivity contribution in [1.82, 2.24) is 14.5 Å². The van der Waals surface area contributed by atoms with Gasteiger partial charge >= 0.3 is 5.69 Å². The van der Waals surface area contributed by atoms with E-state index in [-0.39, 0.29) is 23.7 Å². The van der Waals surface area contributed by atoms with Gasteiger partial charge in [-0.1, -0.05) is 0 Å². The molecule has 2 aromatic rings. The molecule has 4 rings (SSSR count). The number of carbonyl (C=O) groups is 1. The third kappa shape index (κ3) is 3.09. The molecule has 7 heteroatoms. The molecule has 1 amide bonds. The van der Waals surface area contributed by atoms with Crippen molar-refractivity contribution in [2.24, 2.45) is 0 Å². The summed E-state index contributed by atoms with van der Waals surface area (Å²) < 4.78 is 7.07. The summed E-state index contributed by atoms with van der Waals surface area (Å²) in [5.74, 6) is -0.0282. The number of aromatic amines is 1. The largest absolute Gasteiger partial charge is 0.393 e. The molecule has 0 unspecified atom stereocenters. The van der Waals surface area contributed by atoms with Crippen molar-refractivity contribution in [1.29, 1.82) is 0 Å². The van der Waals surface area contributed by atoms with Gasteiger partial charge in [0.15, 0.2) is 0 Å². The van der Waals surface area contributed by atoms with Crippen molar-refractivity contribution >= 4 is 16.9 Å². The molecule has 2 fully saturated rings. The zero-order valence-corrected chi connectivity index (χ0v) is 14.1. The smallest absolute Gasteiger partial charge is 0.326 e. The summed E-state index contributed by atoms with van der Waals surface area (Å²) in [6, 6.07) is 5.52. The number of nitrogens with one attached hydrogen (secondary N) is 1. The molecule has 2 heterocycles. The van der Waals surface area contributed by atoms with Gasteiger partial charge < -0.3 is 19.7 Å². The number of aromatic nitrogens is 2. The number of fused-ring (bicyclic) bond motifs is 1. The van der Waals surface area contributed by atoms with Crippen molar-refractivity contribution < 1.29 is 14.6 Å². The van der Waals surface area contributed by atoms with E-state index in [2.05, 4.69) is 4.98 Å². The number of hydrogen-bond acceptors (Lipinski definition) is 4. The van der Waals surface area contributed by atoms with Crippen molar-refractivity contribution in [2.45, 2.75) is 37.8 Å². The number of hydrogen-bond donors (Lipinski definition) is 2. The van der Waals surface area contributed by atoms with Gasteiger partial charge in [0.25, 0.3) is 5.91 Å². The number of benzene rings is 1. The first-order chi connectivity index (χ1) is 12.1. The molecule has 0 spiro atoms. The van der Waals surface area contributed by atoms with Crippen LogP contribution in [0.5, 0.6) is 0 Å². The van der Waals surface area contributed by atoms with Gasteiger partial charge in [0.05, 0.1) is 30.4 Å². The third-order valence-corrected chi connectivity index (χ3v) is 5.29. The second kappa shape index (κ2) is 6.65.